The SMILES string of the molecule is CC(O)c1noc(CC(F)(F)F)n1. The van der Waals surface area contributed by atoms with Crippen molar-refractivity contribution in [2.24, 2.45) is 0 Å². The lowest BCUT2D eigenvalue weighted by molar-refractivity contribution is -0.131. The van der Waals surface area contributed by atoms with E-state index in [1.54, 1.807) is 0 Å². The molecule has 0 aromatic carbocycles. The zero-order valence-corrected chi connectivity index (χ0v) is 6.67. The smallest absolute Gasteiger partial charge is 0.385 e. The molecule has 13 heavy (non-hydrogen) atoms. The van der Waals surface area contributed by atoms with Gasteiger partial charge in [-0.3, -0.25) is 0 Å². The van der Waals surface area contributed by atoms with Gasteiger partial charge in [-0.15, -0.1) is 0 Å². The van der Waals surface area contributed by atoms with Crippen molar-refractivity contribution >= 4 is 0 Å². The summed E-state index contributed by atoms with van der Waals surface area (Å²) in [6.07, 6.45) is -6.67. The molecule has 0 spiro atoms. The van der Waals surface area contributed by atoms with Crippen molar-refractivity contribution in [1.82, 2.24) is 10.1 Å². The van der Waals surface area contributed by atoms with Crippen LogP contribution in [0.5, 0.6) is 0 Å². The fourth-order valence-electron chi connectivity index (χ4n) is 0.681. The first-order chi connectivity index (χ1) is 5.88. The Labute approximate surface area is 71.4 Å². The number of rotatable bonds is 2. The van der Waals surface area contributed by atoms with Crippen LogP contribution in [0, 0.1) is 0 Å². The summed E-state index contributed by atoms with van der Waals surface area (Å²) in [5.41, 5.74) is 0. The number of halogens is 3. The standard InChI is InChI=1S/C6H7F3N2O2/c1-3(12)5-10-4(13-11-5)2-6(7,8)9/h3,12H,2H2,1H3. The Morgan fingerprint density at radius 2 is 2.15 bits per heavy atom. The summed E-state index contributed by atoms with van der Waals surface area (Å²) < 4.78 is 39.5. The molecule has 0 saturated heterocycles. The highest BCUT2D eigenvalue weighted by molar-refractivity contribution is 4.90. The molecule has 74 valence electrons. The predicted octanol–water partition coefficient (Wildman–Crippen LogP) is 1.23. The molecule has 4 nitrogen and oxygen atoms in total. The van der Waals surface area contributed by atoms with E-state index in [9.17, 15) is 13.2 Å². The van der Waals surface area contributed by atoms with Crippen molar-refractivity contribution in [3.05, 3.63) is 11.7 Å². The van der Waals surface area contributed by atoms with Crippen LogP contribution in [-0.2, 0) is 6.42 Å². The van der Waals surface area contributed by atoms with Crippen LogP contribution in [-0.4, -0.2) is 21.4 Å². The molecule has 0 amide bonds. The van der Waals surface area contributed by atoms with Gasteiger partial charge in [0.2, 0.25) is 5.89 Å². The monoisotopic (exact) mass is 196 g/mol. The average molecular weight is 196 g/mol. The molecular weight excluding hydrogens is 189 g/mol. The summed E-state index contributed by atoms with van der Waals surface area (Å²) in [7, 11) is 0. The first kappa shape index (κ1) is 9.97. The maximum absolute atomic E-state index is 11.8. The zero-order chi connectivity index (χ0) is 10.1. The van der Waals surface area contributed by atoms with Crippen molar-refractivity contribution in [3.8, 4) is 0 Å². The molecule has 1 unspecified atom stereocenters. The number of aliphatic hydroxyl groups excluding tert-OH is 1. The van der Waals surface area contributed by atoms with Crippen molar-refractivity contribution in [2.75, 3.05) is 0 Å². The Morgan fingerprint density at radius 1 is 1.54 bits per heavy atom. The fourth-order valence-corrected chi connectivity index (χ4v) is 0.681. The molecule has 1 rings (SSSR count). The lowest BCUT2D eigenvalue weighted by Gasteiger charge is -1.99. The van der Waals surface area contributed by atoms with E-state index >= 15 is 0 Å². The summed E-state index contributed by atoms with van der Waals surface area (Å²) in [6, 6.07) is 0. The Morgan fingerprint density at radius 3 is 2.54 bits per heavy atom. The van der Waals surface area contributed by atoms with Crippen LogP contribution in [0.1, 0.15) is 24.7 Å². The van der Waals surface area contributed by atoms with Gasteiger partial charge in [-0.25, -0.2) is 0 Å². The molecule has 1 aromatic rings. The van der Waals surface area contributed by atoms with E-state index in [-0.39, 0.29) is 5.82 Å². The number of aliphatic hydroxyl groups is 1. The number of hydrogen-bond donors (Lipinski definition) is 1. The Bertz CT molecular complexity index is 282. The Balaban J connectivity index is 2.70. The van der Waals surface area contributed by atoms with Gasteiger partial charge in [0.05, 0.1) is 0 Å². The number of aromatic nitrogens is 2. The van der Waals surface area contributed by atoms with Gasteiger partial charge in [-0.1, -0.05) is 5.16 Å². The zero-order valence-electron chi connectivity index (χ0n) is 6.67. The van der Waals surface area contributed by atoms with Gasteiger partial charge < -0.3 is 9.63 Å². The third-order valence-electron chi connectivity index (χ3n) is 1.21. The predicted molar refractivity (Wildman–Crippen MR) is 34.7 cm³/mol. The number of hydrogen-bond acceptors (Lipinski definition) is 4. The lowest BCUT2D eigenvalue weighted by atomic mass is 10.4. The van der Waals surface area contributed by atoms with Crippen LogP contribution in [0.15, 0.2) is 4.52 Å². The molecule has 1 N–H and O–H groups in total. The molecule has 1 heterocycles. The van der Waals surface area contributed by atoms with Gasteiger partial charge in [0.25, 0.3) is 0 Å². The van der Waals surface area contributed by atoms with E-state index in [2.05, 4.69) is 14.7 Å². The van der Waals surface area contributed by atoms with Gasteiger partial charge >= 0.3 is 6.18 Å². The highest BCUT2D eigenvalue weighted by Crippen LogP contribution is 2.20. The fraction of sp³-hybridized carbons (Fsp3) is 0.667. The third kappa shape index (κ3) is 3.02. The van der Waals surface area contributed by atoms with Gasteiger partial charge in [-0.2, -0.15) is 18.2 Å². The topological polar surface area (TPSA) is 59.2 Å². The number of nitrogens with zero attached hydrogens (tertiary/aromatic N) is 2. The van der Waals surface area contributed by atoms with Crippen LogP contribution in [0.4, 0.5) is 13.2 Å². The van der Waals surface area contributed by atoms with E-state index < -0.39 is 24.6 Å². The van der Waals surface area contributed by atoms with Crippen LogP contribution < -0.4 is 0 Å². The molecule has 0 aliphatic rings. The van der Waals surface area contributed by atoms with Crippen molar-refractivity contribution in [1.29, 1.82) is 0 Å². The van der Waals surface area contributed by atoms with E-state index in [0.717, 1.165) is 0 Å². The number of alkyl halides is 3. The molecule has 0 saturated carbocycles. The van der Waals surface area contributed by atoms with E-state index in [1.807, 2.05) is 0 Å². The second kappa shape index (κ2) is 3.33. The van der Waals surface area contributed by atoms with Crippen LogP contribution in [0.3, 0.4) is 0 Å². The summed E-state index contributed by atoms with van der Waals surface area (Å²) in [6.45, 7) is 1.34. The Hall–Kier alpha value is -1.11. The van der Waals surface area contributed by atoms with Crippen LogP contribution in [0.2, 0.25) is 0 Å². The molecule has 0 radical (unpaired) electrons. The summed E-state index contributed by atoms with van der Waals surface area (Å²) in [4.78, 5) is 3.35. The van der Waals surface area contributed by atoms with E-state index in [4.69, 9.17) is 5.11 Å². The molecule has 0 bridgehead atoms. The van der Waals surface area contributed by atoms with Gasteiger partial charge in [0.1, 0.15) is 12.5 Å². The molecular formula is C6H7F3N2O2. The van der Waals surface area contributed by atoms with Crippen molar-refractivity contribution < 1.29 is 22.8 Å². The quantitative estimate of drug-likeness (QED) is 0.772. The van der Waals surface area contributed by atoms with E-state index in [1.165, 1.54) is 6.92 Å². The molecule has 1 aromatic heterocycles. The lowest BCUT2D eigenvalue weighted by Crippen LogP contribution is -2.11. The maximum Gasteiger partial charge on any atom is 0.397 e. The molecule has 0 aliphatic heterocycles. The first-order valence-corrected chi connectivity index (χ1v) is 3.46. The Kier molecular flexibility index (Phi) is 2.55. The minimum atomic E-state index is -4.37. The summed E-state index contributed by atoms with van der Waals surface area (Å²) in [5, 5.41) is 12.0. The average Bonchev–Trinajstić information content (AvgIpc) is 2.31. The largest absolute Gasteiger partial charge is 0.397 e. The molecule has 7 heteroatoms. The van der Waals surface area contributed by atoms with Gasteiger partial charge in [0.15, 0.2) is 5.82 Å². The first-order valence-electron chi connectivity index (χ1n) is 3.46. The van der Waals surface area contributed by atoms with Crippen LogP contribution >= 0.6 is 0 Å². The van der Waals surface area contributed by atoms with Crippen molar-refractivity contribution in [3.63, 3.8) is 0 Å². The minimum absolute atomic E-state index is 0.140. The highest BCUT2D eigenvalue weighted by atomic mass is 19.4. The van der Waals surface area contributed by atoms with Gasteiger partial charge in [-0.05, 0) is 6.92 Å². The highest BCUT2D eigenvalue weighted by Gasteiger charge is 2.31. The summed E-state index contributed by atoms with van der Waals surface area (Å²) in [5.74, 6) is -0.678. The van der Waals surface area contributed by atoms with E-state index in [0.29, 0.717) is 0 Å². The second-order valence-electron chi connectivity index (χ2n) is 2.51. The summed E-state index contributed by atoms with van der Waals surface area (Å²) >= 11 is 0. The normalized spacial score (nSPS) is 14.5. The van der Waals surface area contributed by atoms with Crippen molar-refractivity contribution in [2.45, 2.75) is 25.6 Å². The third-order valence-corrected chi connectivity index (χ3v) is 1.21. The second-order valence-corrected chi connectivity index (χ2v) is 2.51. The molecule has 1 atom stereocenters. The molecule has 0 aliphatic carbocycles. The van der Waals surface area contributed by atoms with Crippen LogP contribution in [0.25, 0.3) is 0 Å². The maximum atomic E-state index is 11.8. The minimum Gasteiger partial charge on any atom is -0.385 e. The van der Waals surface area contributed by atoms with Gasteiger partial charge in [0, 0.05) is 0 Å². The molecule has 0 fully saturated rings.